The molecule has 0 radical (unpaired) electrons. The van der Waals surface area contributed by atoms with E-state index in [9.17, 15) is 0 Å². The van der Waals surface area contributed by atoms with Crippen LogP contribution in [0.3, 0.4) is 0 Å². The second-order valence-electron chi connectivity index (χ2n) is 6.74. The average Bonchev–Trinajstić information content (AvgIpc) is 2.91. The Bertz CT molecular complexity index is 865. The van der Waals surface area contributed by atoms with Gasteiger partial charge in [0.1, 0.15) is 0 Å². The van der Waals surface area contributed by atoms with Crippen molar-refractivity contribution in [3.63, 3.8) is 0 Å². The summed E-state index contributed by atoms with van der Waals surface area (Å²) in [5.41, 5.74) is 8.65. The second kappa shape index (κ2) is 4.17. The fourth-order valence-electron chi connectivity index (χ4n) is 3.61. The van der Waals surface area contributed by atoms with Gasteiger partial charge in [-0.3, -0.25) is 0 Å². The summed E-state index contributed by atoms with van der Waals surface area (Å²) in [5, 5.41) is 1.43. The lowest BCUT2D eigenvalue weighted by Crippen LogP contribution is -2.08. The number of aryl methyl sites for hydroxylation is 1. The molecule has 3 aromatic rings. The topological polar surface area (TPSA) is 4.93 Å². The average molecular weight is 295 g/mol. The van der Waals surface area contributed by atoms with Gasteiger partial charge in [-0.15, -0.1) is 0 Å². The second-order valence-corrected chi connectivity index (χ2v) is 10.7. The molecule has 0 bridgehead atoms. The highest BCUT2D eigenvalue weighted by molar-refractivity contribution is 8.31. The third-order valence-electron chi connectivity index (χ3n) is 4.37. The summed E-state index contributed by atoms with van der Waals surface area (Å²) in [6, 6.07) is 15.8. The molecule has 2 aromatic carbocycles. The number of benzene rings is 2. The lowest BCUT2D eigenvalue weighted by Gasteiger charge is -2.31. The molecular formula is C19H21NS. The molecule has 1 aliphatic rings. The molecule has 0 spiro atoms. The van der Waals surface area contributed by atoms with Gasteiger partial charge in [0.2, 0.25) is 0 Å². The van der Waals surface area contributed by atoms with Crippen LogP contribution in [0.15, 0.2) is 42.5 Å². The predicted octanol–water partition coefficient (Wildman–Crippen LogP) is 4.98. The van der Waals surface area contributed by atoms with E-state index in [-0.39, 0.29) is 0 Å². The minimum Gasteiger partial charge on any atom is -0.306 e. The first kappa shape index (κ1) is 13.0. The third-order valence-corrected chi connectivity index (χ3v) is 5.88. The molecule has 1 heterocycles. The Morgan fingerprint density at radius 3 is 2.52 bits per heavy atom. The highest BCUT2D eigenvalue weighted by atomic mass is 32.3. The smallest absolute Gasteiger partial charge is 0.0583 e. The molecule has 0 saturated heterocycles. The molecule has 1 aliphatic carbocycles. The summed E-state index contributed by atoms with van der Waals surface area (Å²) in [7, 11) is -0.825. The van der Waals surface area contributed by atoms with Gasteiger partial charge in [0.05, 0.1) is 5.52 Å². The van der Waals surface area contributed by atoms with Gasteiger partial charge < -0.3 is 3.97 Å². The van der Waals surface area contributed by atoms with Crippen LogP contribution in [0.2, 0.25) is 0 Å². The standard InChI is InChI=1S/C19H21NS/c1-13-9-10-17-16(11-13)19-15-8-6-5-7-14(15)12-18(19)20(17)21(2,3)4/h5-11H,12H2,1-4H3. The largest absolute Gasteiger partial charge is 0.306 e. The Balaban J connectivity index is 2.17. The first-order valence-electron chi connectivity index (χ1n) is 7.38. The number of rotatable bonds is 1. The van der Waals surface area contributed by atoms with Crippen molar-refractivity contribution in [2.45, 2.75) is 13.3 Å². The van der Waals surface area contributed by atoms with E-state index in [1.807, 2.05) is 0 Å². The predicted molar refractivity (Wildman–Crippen MR) is 95.7 cm³/mol. The van der Waals surface area contributed by atoms with E-state index < -0.39 is 10.2 Å². The maximum Gasteiger partial charge on any atom is 0.0583 e. The Hall–Kier alpha value is -1.67. The molecule has 2 heteroatoms. The highest BCUT2D eigenvalue weighted by Crippen LogP contribution is 2.51. The van der Waals surface area contributed by atoms with Crippen LogP contribution in [-0.4, -0.2) is 22.7 Å². The maximum atomic E-state index is 2.62. The normalized spacial score (nSPS) is 14.3. The van der Waals surface area contributed by atoms with Crippen LogP contribution in [0.25, 0.3) is 22.0 Å². The van der Waals surface area contributed by atoms with Gasteiger partial charge in [-0.1, -0.05) is 35.9 Å². The summed E-state index contributed by atoms with van der Waals surface area (Å²) in [6.07, 6.45) is 8.23. The zero-order valence-corrected chi connectivity index (χ0v) is 13.9. The van der Waals surface area contributed by atoms with E-state index in [2.05, 4.69) is 72.1 Å². The Morgan fingerprint density at radius 1 is 1.00 bits per heavy atom. The number of hydrogen-bond acceptors (Lipinski definition) is 0. The van der Waals surface area contributed by atoms with Gasteiger partial charge in [0.15, 0.2) is 0 Å². The van der Waals surface area contributed by atoms with Crippen molar-refractivity contribution in [3.8, 4) is 11.1 Å². The van der Waals surface area contributed by atoms with Crippen LogP contribution < -0.4 is 0 Å². The van der Waals surface area contributed by atoms with Crippen LogP contribution in [0.5, 0.6) is 0 Å². The highest BCUT2D eigenvalue weighted by Gasteiger charge is 2.28. The molecule has 0 atom stereocenters. The third kappa shape index (κ3) is 1.78. The summed E-state index contributed by atoms with van der Waals surface area (Å²) in [4.78, 5) is 0. The summed E-state index contributed by atoms with van der Waals surface area (Å²) < 4.78 is 2.62. The number of fused-ring (bicyclic) bond motifs is 5. The van der Waals surface area contributed by atoms with E-state index in [0.717, 1.165) is 6.42 Å². The van der Waals surface area contributed by atoms with E-state index in [0.29, 0.717) is 0 Å². The molecule has 0 amide bonds. The van der Waals surface area contributed by atoms with Crippen LogP contribution >= 0.6 is 10.2 Å². The number of hydrogen-bond donors (Lipinski definition) is 0. The molecule has 1 aromatic heterocycles. The monoisotopic (exact) mass is 295 g/mol. The van der Waals surface area contributed by atoms with Crippen molar-refractivity contribution in [1.29, 1.82) is 0 Å². The Kier molecular flexibility index (Phi) is 2.59. The molecule has 4 rings (SSSR count). The van der Waals surface area contributed by atoms with Crippen molar-refractivity contribution in [1.82, 2.24) is 3.97 Å². The molecule has 0 saturated carbocycles. The SMILES string of the molecule is Cc1ccc2c(c1)c1c(n2S(C)(C)C)Cc2ccccc2-1. The molecule has 108 valence electrons. The Morgan fingerprint density at radius 2 is 1.76 bits per heavy atom. The molecule has 0 N–H and O–H groups in total. The quantitative estimate of drug-likeness (QED) is 0.467. The molecule has 21 heavy (non-hydrogen) atoms. The van der Waals surface area contributed by atoms with Crippen LogP contribution in [0.4, 0.5) is 0 Å². The van der Waals surface area contributed by atoms with Gasteiger partial charge in [0.25, 0.3) is 0 Å². The molecule has 0 fully saturated rings. The first-order valence-corrected chi connectivity index (χ1v) is 10.2. The van der Waals surface area contributed by atoms with Crippen LogP contribution in [0, 0.1) is 6.92 Å². The van der Waals surface area contributed by atoms with Gasteiger partial charge in [-0.05, 0) is 49.0 Å². The number of aromatic nitrogens is 1. The zero-order valence-electron chi connectivity index (χ0n) is 13.1. The molecule has 1 nitrogen and oxygen atoms in total. The summed E-state index contributed by atoms with van der Waals surface area (Å²) >= 11 is 0. The Labute approximate surface area is 128 Å². The lowest BCUT2D eigenvalue weighted by atomic mass is 10.0. The minimum absolute atomic E-state index is 0.825. The van der Waals surface area contributed by atoms with E-state index in [1.165, 1.54) is 38.9 Å². The zero-order chi connectivity index (χ0) is 14.8. The molecular weight excluding hydrogens is 274 g/mol. The van der Waals surface area contributed by atoms with Gasteiger partial charge in [-0.25, -0.2) is 0 Å². The van der Waals surface area contributed by atoms with E-state index in [1.54, 1.807) is 0 Å². The first-order chi connectivity index (χ1) is 9.97. The molecule has 0 unspecified atom stereocenters. The van der Waals surface area contributed by atoms with Crippen LogP contribution in [0.1, 0.15) is 16.8 Å². The van der Waals surface area contributed by atoms with Gasteiger partial charge >= 0.3 is 0 Å². The van der Waals surface area contributed by atoms with Crippen molar-refractivity contribution in [2.75, 3.05) is 18.8 Å². The summed E-state index contributed by atoms with van der Waals surface area (Å²) in [6.45, 7) is 2.19. The fraction of sp³-hybridized carbons (Fsp3) is 0.263. The lowest BCUT2D eigenvalue weighted by molar-refractivity contribution is 1.11. The summed E-state index contributed by atoms with van der Waals surface area (Å²) in [5.74, 6) is 0. The van der Waals surface area contributed by atoms with Crippen molar-refractivity contribution in [2.24, 2.45) is 0 Å². The van der Waals surface area contributed by atoms with Crippen LogP contribution in [-0.2, 0) is 6.42 Å². The maximum absolute atomic E-state index is 2.62. The van der Waals surface area contributed by atoms with Crippen molar-refractivity contribution in [3.05, 3.63) is 59.3 Å². The van der Waals surface area contributed by atoms with Gasteiger partial charge in [0, 0.05) is 23.1 Å². The van der Waals surface area contributed by atoms with Crippen molar-refractivity contribution >= 4 is 21.1 Å². The van der Waals surface area contributed by atoms with E-state index in [4.69, 9.17) is 0 Å². The number of nitrogens with zero attached hydrogens (tertiary/aromatic N) is 1. The van der Waals surface area contributed by atoms with Gasteiger partial charge in [-0.2, -0.15) is 10.2 Å². The fourth-order valence-corrected chi connectivity index (χ4v) is 5.18. The molecule has 0 aliphatic heterocycles. The van der Waals surface area contributed by atoms with E-state index >= 15 is 0 Å². The minimum atomic E-state index is -0.825. The van der Waals surface area contributed by atoms with Crippen molar-refractivity contribution < 1.29 is 0 Å².